The molecule has 0 saturated heterocycles. The Morgan fingerprint density at radius 1 is 1.31 bits per heavy atom. The molecule has 1 nitrogen and oxygen atoms in total. The molecular weight excluding hydrogens is 167 g/mol. The van der Waals surface area contributed by atoms with Gasteiger partial charge < -0.3 is 4.74 Å². The second kappa shape index (κ2) is 3.77. The molecule has 0 amide bonds. The summed E-state index contributed by atoms with van der Waals surface area (Å²) in [6, 6.07) is 3.55. The average molecular weight is 182 g/mol. The monoisotopic (exact) mass is 182 g/mol. The van der Waals surface area contributed by atoms with E-state index in [1.54, 1.807) is 6.07 Å². The van der Waals surface area contributed by atoms with E-state index in [9.17, 15) is 4.39 Å². The maximum Gasteiger partial charge on any atom is 0.168 e. The van der Waals surface area contributed by atoms with Crippen LogP contribution in [0.1, 0.15) is 30.9 Å². The van der Waals surface area contributed by atoms with Crippen LogP contribution in [-0.4, -0.2) is 7.11 Å². The molecule has 0 radical (unpaired) electrons. The summed E-state index contributed by atoms with van der Waals surface area (Å²) in [7, 11) is 1.48. The number of halogens is 1. The van der Waals surface area contributed by atoms with Crippen molar-refractivity contribution >= 4 is 0 Å². The summed E-state index contributed by atoms with van der Waals surface area (Å²) < 4.78 is 18.6. The molecule has 0 fully saturated rings. The standard InChI is InChI=1S/C11H15FO/c1-7(2)10-8(3)5-6-9(13-4)11(10)12/h5-7H,1-4H3. The van der Waals surface area contributed by atoms with Gasteiger partial charge in [0.25, 0.3) is 0 Å². The highest BCUT2D eigenvalue weighted by molar-refractivity contribution is 5.38. The van der Waals surface area contributed by atoms with Crippen LogP contribution in [0.2, 0.25) is 0 Å². The van der Waals surface area contributed by atoms with Crippen LogP contribution in [0.15, 0.2) is 12.1 Å². The van der Waals surface area contributed by atoms with Crippen LogP contribution < -0.4 is 4.74 Å². The summed E-state index contributed by atoms with van der Waals surface area (Å²) in [5, 5.41) is 0. The first-order valence-electron chi connectivity index (χ1n) is 4.41. The topological polar surface area (TPSA) is 9.23 Å². The fourth-order valence-electron chi connectivity index (χ4n) is 1.54. The van der Waals surface area contributed by atoms with Gasteiger partial charge in [-0.05, 0) is 30.0 Å². The summed E-state index contributed by atoms with van der Waals surface area (Å²) in [5.41, 5.74) is 1.73. The van der Waals surface area contributed by atoms with E-state index in [4.69, 9.17) is 4.74 Å². The summed E-state index contributed by atoms with van der Waals surface area (Å²) in [4.78, 5) is 0. The van der Waals surface area contributed by atoms with E-state index in [-0.39, 0.29) is 11.7 Å². The molecule has 0 saturated carbocycles. The predicted octanol–water partition coefficient (Wildman–Crippen LogP) is 3.27. The number of aryl methyl sites for hydroxylation is 1. The van der Waals surface area contributed by atoms with Gasteiger partial charge in [-0.2, -0.15) is 0 Å². The fraction of sp³-hybridized carbons (Fsp3) is 0.455. The van der Waals surface area contributed by atoms with Crippen LogP contribution >= 0.6 is 0 Å². The van der Waals surface area contributed by atoms with Crippen molar-refractivity contribution in [1.82, 2.24) is 0 Å². The van der Waals surface area contributed by atoms with Gasteiger partial charge >= 0.3 is 0 Å². The molecule has 0 aliphatic heterocycles. The van der Waals surface area contributed by atoms with Crippen LogP contribution in [0, 0.1) is 12.7 Å². The number of hydrogen-bond donors (Lipinski definition) is 0. The molecule has 1 aromatic carbocycles. The molecule has 0 heterocycles. The Bertz CT molecular complexity index is 305. The van der Waals surface area contributed by atoms with E-state index in [0.29, 0.717) is 5.75 Å². The van der Waals surface area contributed by atoms with E-state index >= 15 is 0 Å². The lowest BCUT2D eigenvalue weighted by molar-refractivity contribution is 0.383. The molecule has 0 N–H and O–H groups in total. The van der Waals surface area contributed by atoms with Gasteiger partial charge in [0.15, 0.2) is 11.6 Å². The molecule has 0 unspecified atom stereocenters. The Labute approximate surface area is 78.5 Å². The Hall–Kier alpha value is -1.05. The molecule has 0 atom stereocenters. The molecule has 1 aromatic rings. The van der Waals surface area contributed by atoms with Gasteiger partial charge in [-0.3, -0.25) is 0 Å². The van der Waals surface area contributed by atoms with Gasteiger partial charge in [0.2, 0.25) is 0 Å². The van der Waals surface area contributed by atoms with E-state index in [1.165, 1.54) is 7.11 Å². The first-order chi connectivity index (χ1) is 6.07. The second-order valence-corrected chi connectivity index (χ2v) is 3.47. The van der Waals surface area contributed by atoms with E-state index in [2.05, 4.69) is 0 Å². The molecule has 1 rings (SSSR count). The van der Waals surface area contributed by atoms with Gasteiger partial charge in [-0.15, -0.1) is 0 Å². The smallest absolute Gasteiger partial charge is 0.168 e. The van der Waals surface area contributed by atoms with Crippen molar-refractivity contribution in [2.45, 2.75) is 26.7 Å². The Morgan fingerprint density at radius 3 is 2.38 bits per heavy atom. The van der Waals surface area contributed by atoms with E-state index in [1.807, 2.05) is 26.8 Å². The van der Waals surface area contributed by atoms with Crippen molar-refractivity contribution in [3.63, 3.8) is 0 Å². The zero-order chi connectivity index (χ0) is 10.0. The van der Waals surface area contributed by atoms with Crippen LogP contribution in [0.3, 0.4) is 0 Å². The number of hydrogen-bond acceptors (Lipinski definition) is 1. The third-order valence-corrected chi connectivity index (χ3v) is 2.16. The minimum absolute atomic E-state index is 0.190. The Morgan fingerprint density at radius 2 is 1.92 bits per heavy atom. The number of methoxy groups -OCH3 is 1. The largest absolute Gasteiger partial charge is 0.494 e. The lowest BCUT2D eigenvalue weighted by atomic mass is 9.97. The maximum absolute atomic E-state index is 13.7. The Balaban J connectivity index is 3.30. The van der Waals surface area contributed by atoms with Crippen LogP contribution in [0.25, 0.3) is 0 Å². The molecule has 72 valence electrons. The average Bonchev–Trinajstić information content (AvgIpc) is 2.04. The Kier molecular flexibility index (Phi) is 2.91. The highest BCUT2D eigenvalue weighted by Gasteiger charge is 2.13. The van der Waals surface area contributed by atoms with Gasteiger partial charge in [0, 0.05) is 0 Å². The number of benzene rings is 1. The van der Waals surface area contributed by atoms with Crippen molar-refractivity contribution in [3.05, 3.63) is 29.1 Å². The zero-order valence-electron chi connectivity index (χ0n) is 8.52. The summed E-state index contributed by atoms with van der Waals surface area (Å²) in [6.07, 6.45) is 0. The quantitative estimate of drug-likeness (QED) is 0.682. The summed E-state index contributed by atoms with van der Waals surface area (Å²) >= 11 is 0. The SMILES string of the molecule is COc1ccc(C)c(C(C)C)c1F. The predicted molar refractivity (Wildman–Crippen MR) is 51.8 cm³/mol. The molecule has 0 spiro atoms. The normalized spacial score (nSPS) is 10.6. The molecular formula is C11H15FO. The van der Waals surface area contributed by atoms with E-state index in [0.717, 1.165) is 11.1 Å². The maximum atomic E-state index is 13.7. The number of rotatable bonds is 2. The van der Waals surface area contributed by atoms with Crippen molar-refractivity contribution in [3.8, 4) is 5.75 Å². The third kappa shape index (κ3) is 1.82. The minimum atomic E-state index is -0.225. The van der Waals surface area contributed by atoms with Gasteiger partial charge in [0.05, 0.1) is 7.11 Å². The molecule has 0 aliphatic carbocycles. The first-order valence-corrected chi connectivity index (χ1v) is 4.41. The summed E-state index contributed by atoms with van der Waals surface area (Å²) in [6.45, 7) is 5.87. The highest BCUT2D eigenvalue weighted by atomic mass is 19.1. The zero-order valence-corrected chi connectivity index (χ0v) is 8.52. The van der Waals surface area contributed by atoms with Gasteiger partial charge in [-0.25, -0.2) is 4.39 Å². The van der Waals surface area contributed by atoms with Crippen LogP contribution in [-0.2, 0) is 0 Å². The van der Waals surface area contributed by atoms with Gasteiger partial charge in [0.1, 0.15) is 0 Å². The first kappa shape index (κ1) is 10.0. The molecule has 0 bridgehead atoms. The minimum Gasteiger partial charge on any atom is -0.494 e. The van der Waals surface area contributed by atoms with Crippen molar-refractivity contribution < 1.29 is 9.13 Å². The highest BCUT2D eigenvalue weighted by Crippen LogP contribution is 2.28. The lowest BCUT2D eigenvalue weighted by Crippen LogP contribution is -1.99. The third-order valence-electron chi connectivity index (χ3n) is 2.16. The molecule has 13 heavy (non-hydrogen) atoms. The molecule has 0 aliphatic rings. The number of ether oxygens (including phenoxy) is 1. The summed E-state index contributed by atoms with van der Waals surface area (Å²) in [5.74, 6) is 0.293. The molecule has 0 aromatic heterocycles. The fourth-order valence-corrected chi connectivity index (χ4v) is 1.54. The van der Waals surface area contributed by atoms with Crippen LogP contribution in [0.4, 0.5) is 4.39 Å². The molecule has 2 heteroatoms. The van der Waals surface area contributed by atoms with Crippen molar-refractivity contribution in [2.75, 3.05) is 7.11 Å². The second-order valence-electron chi connectivity index (χ2n) is 3.47. The lowest BCUT2D eigenvalue weighted by Gasteiger charge is -2.13. The van der Waals surface area contributed by atoms with Crippen LogP contribution in [0.5, 0.6) is 5.75 Å². The van der Waals surface area contributed by atoms with Crippen molar-refractivity contribution in [2.24, 2.45) is 0 Å². The van der Waals surface area contributed by atoms with Crippen molar-refractivity contribution in [1.29, 1.82) is 0 Å². The van der Waals surface area contributed by atoms with E-state index < -0.39 is 0 Å². The van der Waals surface area contributed by atoms with Gasteiger partial charge in [-0.1, -0.05) is 19.9 Å².